The zero-order valence-electron chi connectivity index (χ0n) is 19.2. The lowest BCUT2D eigenvalue weighted by atomic mass is 10.00. The molecule has 176 valence electrons. The quantitative estimate of drug-likeness (QED) is 0.668. The van der Waals surface area contributed by atoms with Crippen LogP contribution in [0, 0.1) is 23.7 Å². The van der Waals surface area contributed by atoms with Crippen molar-refractivity contribution in [2.45, 2.75) is 51.7 Å². The molecule has 8 nitrogen and oxygen atoms in total. The third kappa shape index (κ3) is 5.80. The Kier molecular flexibility index (Phi) is 7.80. The number of likely N-dealkylation sites (N-methyl/N-ethyl adjacent to an activating group) is 1. The monoisotopic (exact) mass is 463 g/mol. The van der Waals surface area contributed by atoms with Crippen molar-refractivity contribution in [3.63, 3.8) is 0 Å². The van der Waals surface area contributed by atoms with Crippen LogP contribution in [0.25, 0.3) is 0 Å². The van der Waals surface area contributed by atoms with Gasteiger partial charge in [-0.2, -0.15) is 0 Å². The van der Waals surface area contributed by atoms with Crippen molar-refractivity contribution in [1.29, 1.82) is 0 Å². The Balaban J connectivity index is 1.97. The number of hydrogen-bond donors (Lipinski definition) is 1. The zero-order valence-corrected chi connectivity index (χ0v) is 20.1. The van der Waals surface area contributed by atoms with Gasteiger partial charge in [0.1, 0.15) is 11.7 Å². The molecule has 0 radical (unpaired) electrons. The number of amides is 1. The van der Waals surface area contributed by atoms with E-state index in [1.54, 1.807) is 24.1 Å². The average Bonchev–Trinajstić information content (AvgIpc) is 3.27. The number of carbonyl (C=O) groups excluding carboxylic acids is 1. The lowest BCUT2D eigenvalue weighted by Gasteiger charge is -2.37. The minimum atomic E-state index is -3.40. The van der Waals surface area contributed by atoms with Crippen molar-refractivity contribution in [2.75, 3.05) is 33.0 Å². The number of fused-ring (bicyclic) bond motifs is 1. The van der Waals surface area contributed by atoms with Gasteiger partial charge < -0.3 is 14.7 Å². The molecule has 1 amide bonds. The van der Waals surface area contributed by atoms with E-state index in [4.69, 9.17) is 4.74 Å². The van der Waals surface area contributed by atoms with Crippen molar-refractivity contribution in [1.82, 2.24) is 14.2 Å². The van der Waals surface area contributed by atoms with Crippen molar-refractivity contribution < 1.29 is 23.1 Å². The van der Waals surface area contributed by atoms with E-state index in [2.05, 4.69) is 16.8 Å². The highest BCUT2D eigenvalue weighted by Crippen LogP contribution is 2.28. The van der Waals surface area contributed by atoms with Gasteiger partial charge in [0.15, 0.2) is 0 Å². The number of pyridine rings is 1. The first-order valence-corrected chi connectivity index (χ1v) is 13.0. The second-order valence-electron chi connectivity index (χ2n) is 8.99. The van der Waals surface area contributed by atoms with E-state index in [0.717, 1.165) is 19.1 Å². The van der Waals surface area contributed by atoms with Gasteiger partial charge in [-0.3, -0.25) is 4.79 Å². The van der Waals surface area contributed by atoms with Crippen LogP contribution in [0.2, 0.25) is 0 Å². The molecule has 32 heavy (non-hydrogen) atoms. The molecule has 1 aromatic heterocycles. The fourth-order valence-electron chi connectivity index (χ4n) is 4.03. The minimum absolute atomic E-state index is 0.125. The van der Waals surface area contributed by atoms with Crippen LogP contribution in [0.15, 0.2) is 12.3 Å². The van der Waals surface area contributed by atoms with Gasteiger partial charge in [-0.25, -0.2) is 17.7 Å². The maximum atomic E-state index is 13.4. The first kappa shape index (κ1) is 24.5. The lowest BCUT2D eigenvalue weighted by molar-refractivity contribution is 0.0373. The SMILES string of the molecule is C[C@H]1CN([C@@H](C)CO)C(=O)c2cc(C#CC3CCCC3)cnc2O[C@H]1CN(C)S(C)(=O)=O. The summed E-state index contributed by atoms with van der Waals surface area (Å²) < 4.78 is 31.2. The number of aromatic nitrogens is 1. The van der Waals surface area contributed by atoms with Gasteiger partial charge in [-0.05, 0) is 25.8 Å². The molecule has 0 spiro atoms. The molecule has 3 rings (SSSR count). The smallest absolute Gasteiger partial charge is 0.259 e. The minimum Gasteiger partial charge on any atom is -0.472 e. The van der Waals surface area contributed by atoms with E-state index in [9.17, 15) is 18.3 Å². The molecular weight excluding hydrogens is 430 g/mol. The summed E-state index contributed by atoms with van der Waals surface area (Å²) in [6.45, 7) is 3.94. The first-order valence-electron chi connectivity index (χ1n) is 11.1. The Labute approximate surface area is 191 Å². The third-order valence-electron chi connectivity index (χ3n) is 6.30. The van der Waals surface area contributed by atoms with E-state index in [1.807, 2.05) is 6.92 Å². The van der Waals surface area contributed by atoms with Crippen LogP contribution in [0.3, 0.4) is 0 Å². The van der Waals surface area contributed by atoms with Crippen LogP contribution >= 0.6 is 0 Å². The maximum absolute atomic E-state index is 13.4. The highest BCUT2D eigenvalue weighted by atomic mass is 32.2. The van der Waals surface area contributed by atoms with Gasteiger partial charge in [0.25, 0.3) is 5.91 Å². The molecule has 0 aromatic carbocycles. The average molecular weight is 464 g/mol. The standard InChI is InChI=1S/C23H33N3O5S/c1-16-13-26(17(2)15-27)23(28)20-11-19(10-9-18-7-5-6-8-18)12-24-22(20)31-21(16)14-25(3)32(4,29)30/h11-12,16-18,21,27H,5-8,13-15H2,1-4H3/t16-,17-,21-/m0/s1. The Morgan fingerprint density at radius 3 is 2.69 bits per heavy atom. The number of nitrogens with zero attached hydrogens (tertiary/aromatic N) is 3. The van der Waals surface area contributed by atoms with Crippen molar-refractivity contribution in [3.05, 3.63) is 23.4 Å². The summed E-state index contributed by atoms with van der Waals surface area (Å²) in [6, 6.07) is 1.29. The summed E-state index contributed by atoms with van der Waals surface area (Å²) in [5, 5.41) is 9.73. The molecule has 1 aliphatic carbocycles. The predicted octanol–water partition coefficient (Wildman–Crippen LogP) is 1.73. The van der Waals surface area contributed by atoms with Crippen LogP contribution in [-0.4, -0.2) is 78.8 Å². The summed E-state index contributed by atoms with van der Waals surface area (Å²) in [5.41, 5.74) is 0.921. The van der Waals surface area contributed by atoms with Crippen molar-refractivity contribution in [2.24, 2.45) is 11.8 Å². The molecule has 0 bridgehead atoms. The van der Waals surface area contributed by atoms with Gasteiger partial charge in [0.05, 0.1) is 25.4 Å². The molecule has 2 aliphatic rings. The molecule has 0 saturated heterocycles. The second kappa shape index (κ2) is 10.2. The normalized spacial score (nSPS) is 23.1. The van der Waals surface area contributed by atoms with Gasteiger partial charge >= 0.3 is 0 Å². The van der Waals surface area contributed by atoms with Crippen LogP contribution < -0.4 is 4.74 Å². The number of hydrogen-bond acceptors (Lipinski definition) is 6. The van der Waals surface area contributed by atoms with Gasteiger partial charge in [0, 0.05) is 37.2 Å². The summed E-state index contributed by atoms with van der Waals surface area (Å²) in [7, 11) is -1.90. The summed E-state index contributed by atoms with van der Waals surface area (Å²) >= 11 is 0. The molecule has 1 fully saturated rings. The zero-order chi connectivity index (χ0) is 23.5. The third-order valence-corrected chi connectivity index (χ3v) is 7.58. The van der Waals surface area contributed by atoms with Gasteiger partial charge in [-0.1, -0.05) is 31.6 Å². The van der Waals surface area contributed by atoms with E-state index in [1.165, 1.54) is 24.2 Å². The Morgan fingerprint density at radius 1 is 1.38 bits per heavy atom. The predicted molar refractivity (Wildman–Crippen MR) is 122 cm³/mol. The molecule has 1 aliphatic heterocycles. The Hall–Kier alpha value is -2.15. The largest absolute Gasteiger partial charge is 0.472 e. The fourth-order valence-corrected chi connectivity index (χ4v) is 4.45. The molecule has 9 heteroatoms. The van der Waals surface area contributed by atoms with Crippen LogP contribution in [0.4, 0.5) is 0 Å². The van der Waals surface area contributed by atoms with Crippen LogP contribution in [-0.2, 0) is 10.0 Å². The number of sulfonamides is 1. The molecule has 2 heterocycles. The highest BCUT2D eigenvalue weighted by molar-refractivity contribution is 7.88. The summed E-state index contributed by atoms with van der Waals surface area (Å²) in [4.78, 5) is 19.4. The Morgan fingerprint density at radius 2 is 2.06 bits per heavy atom. The number of ether oxygens (including phenoxy) is 1. The lowest BCUT2D eigenvalue weighted by Crippen LogP contribution is -2.50. The molecule has 3 atom stereocenters. The molecule has 0 unspecified atom stereocenters. The number of aliphatic hydroxyl groups excluding tert-OH is 1. The topological polar surface area (TPSA) is 100 Å². The van der Waals surface area contributed by atoms with Gasteiger partial charge in [-0.15, -0.1) is 0 Å². The van der Waals surface area contributed by atoms with Crippen LogP contribution in [0.5, 0.6) is 5.88 Å². The number of carbonyl (C=O) groups is 1. The Bertz CT molecular complexity index is 995. The maximum Gasteiger partial charge on any atom is 0.259 e. The fraction of sp³-hybridized carbons (Fsp3) is 0.652. The van der Waals surface area contributed by atoms with E-state index in [-0.39, 0.29) is 36.4 Å². The number of rotatable bonds is 5. The van der Waals surface area contributed by atoms with Gasteiger partial charge in [0.2, 0.25) is 15.9 Å². The second-order valence-corrected chi connectivity index (χ2v) is 11.1. The summed E-state index contributed by atoms with van der Waals surface area (Å²) in [6.07, 6.45) is 6.82. The summed E-state index contributed by atoms with van der Waals surface area (Å²) in [5.74, 6) is 6.51. The number of aliphatic hydroxyl groups is 1. The van der Waals surface area contributed by atoms with E-state index < -0.39 is 22.2 Å². The van der Waals surface area contributed by atoms with E-state index in [0.29, 0.717) is 18.0 Å². The first-order chi connectivity index (χ1) is 15.1. The van der Waals surface area contributed by atoms with Crippen LogP contribution in [0.1, 0.15) is 55.5 Å². The molecule has 1 aromatic rings. The van der Waals surface area contributed by atoms with Crippen molar-refractivity contribution in [3.8, 4) is 17.7 Å². The molecule has 1 saturated carbocycles. The highest BCUT2D eigenvalue weighted by Gasteiger charge is 2.35. The van der Waals surface area contributed by atoms with E-state index >= 15 is 0 Å². The van der Waals surface area contributed by atoms with Crippen molar-refractivity contribution >= 4 is 15.9 Å². The molecular formula is C23H33N3O5S. The molecule has 1 N–H and O–H groups in total.